The minimum Gasteiger partial charge on any atom is -0.480 e. The normalized spacial score (nSPS) is 29.7. The van der Waals surface area contributed by atoms with Crippen LogP contribution >= 0.6 is 0 Å². The van der Waals surface area contributed by atoms with Gasteiger partial charge in [0.05, 0.1) is 31.5 Å². The number of carbonyl (C=O) groups excluding carboxylic acids is 7. The predicted molar refractivity (Wildman–Crippen MR) is 210 cm³/mol. The van der Waals surface area contributed by atoms with Crippen molar-refractivity contribution in [3.05, 3.63) is 0 Å². The van der Waals surface area contributed by atoms with Crippen molar-refractivity contribution in [3.63, 3.8) is 0 Å². The van der Waals surface area contributed by atoms with Crippen LogP contribution < -0.4 is 43.0 Å². The summed E-state index contributed by atoms with van der Waals surface area (Å²) < 4.78 is 22.7. The van der Waals surface area contributed by atoms with Gasteiger partial charge >= 0.3 is 5.97 Å². The Bertz CT molecular complexity index is 1630. The molecule has 2 saturated heterocycles. The average Bonchev–Trinajstić information content (AvgIpc) is 3.20. The average molecular weight is 911 g/mol. The zero-order valence-electron chi connectivity index (χ0n) is 35.9. The molecular formula is C36H62N8O19. The van der Waals surface area contributed by atoms with Crippen LogP contribution in [0.3, 0.4) is 0 Å². The second-order valence-electron chi connectivity index (χ2n) is 15.3. The summed E-state index contributed by atoms with van der Waals surface area (Å²) in [5.41, 5.74) is 5.69. The molecule has 27 nitrogen and oxygen atoms in total. The van der Waals surface area contributed by atoms with Crippen molar-refractivity contribution in [1.82, 2.24) is 37.2 Å². The maximum absolute atomic E-state index is 13.6. The van der Waals surface area contributed by atoms with Crippen LogP contribution in [0.4, 0.5) is 0 Å². The predicted octanol–water partition coefficient (Wildman–Crippen LogP) is -8.40. The van der Waals surface area contributed by atoms with E-state index < -0.39 is 170 Å². The summed E-state index contributed by atoms with van der Waals surface area (Å²) in [7, 11) is 0. The van der Waals surface area contributed by atoms with E-state index >= 15 is 0 Å². The summed E-state index contributed by atoms with van der Waals surface area (Å²) in [6.45, 7) is 7.94. The van der Waals surface area contributed by atoms with Gasteiger partial charge in [0.1, 0.15) is 78.9 Å². The fourth-order valence-corrected chi connectivity index (χ4v) is 6.25. The molecule has 2 aliphatic rings. The summed E-state index contributed by atoms with van der Waals surface area (Å²) in [6.07, 6.45) is -15.7. The van der Waals surface area contributed by atoms with Gasteiger partial charge in [0.15, 0.2) is 12.6 Å². The summed E-state index contributed by atoms with van der Waals surface area (Å²) in [5, 5.41) is 87.0. The number of carboxylic acids is 1. The first kappa shape index (κ1) is 54.5. The lowest BCUT2D eigenvalue weighted by Gasteiger charge is -2.43. The maximum Gasteiger partial charge on any atom is 0.325 e. The standard InChI is InChI=1S/C36H62N8O19/c1-11(37)29(53)43-21(15(5)60-35-23(41-17(7)47)27(51)25(49)19(9-45)62-35)32(56)39-12(2)30(54)38-13(3)31(55)44-22(33(57)40-14(4)34(58)59)16(6)61-36-24(42-18(8)48)28(52)26(50)20(10-46)63-36/h11-16,19-28,35-36,45-46,49-52H,9-10,37H2,1-8H3,(H,38,54)(H,39,56)(H,40,57)(H,41,47)(H,42,48)(H,43,53)(H,44,55)(H,58,59)/t11-,12-,13-,14-,15?,16?,19+,20+,21-,22-,23+,24+,25-,26+,27-,28+,35-,36-/m0/s1. The largest absolute Gasteiger partial charge is 0.480 e. The third kappa shape index (κ3) is 15.2. The molecule has 0 saturated carbocycles. The Morgan fingerprint density at radius 1 is 0.540 bits per heavy atom. The molecule has 2 heterocycles. The van der Waals surface area contributed by atoms with Crippen LogP contribution in [0.25, 0.3) is 0 Å². The molecule has 0 aromatic carbocycles. The van der Waals surface area contributed by atoms with Crippen molar-refractivity contribution in [3.8, 4) is 0 Å². The Labute approximate surface area is 361 Å². The zero-order chi connectivity index (χ0) is 48.2. The number of aliphatic hydroxyl groups is 6. The number of nitrogens with one attached hydrogen (secondary N) is 7. The molecule has 63 heavy (non-hydrogen) atoms. The monoisotopic (exact) mass is 910 g/mol. The minimum absolute atomic E-state index is 0.666. The molecule has 2 fully saturated rings. The van der Waals surface area contributed by atoms with Crippen LogP contribution in [0.15, 0.2) is 0 Å². The molecule has 0 bridgehead atoms. The quantitative estimate of drug-likeness (QED) is 0.0508. The Morgan fingerprint density at radius 2 is 0.873 bits per heavy atom. The SMILES string of the molecule is CC(=O)N[C@H]1[C@@H](OC(C)[C@H](NC(=O)[C@H](C)N)C(=O)N[C@@H](C)C(=O)N[C@@H](C)C(=O)N[C@H](C(=O)N[C@@H](C)C(=O)O)C(C)O[C@H]2O[C@H](CO)[C@@H](O)[C@H](O)[C@H]2NC(C)=O)O[C@H](CO)[C@H](O)[C@H]1O. The summed E-state index contributed by atoms with van der Waals surface area (Å²) in [6, 6.07) is -11.9. The third-order valence-electron chi connectivity index (χ3n) is 9.95. The second kappa shape index (κ2) is 24.4. The van der Waals surface area contributed by atoms with Crippen LogP contribution in [-0.4, -0.2) is 206 Å². The Balaban J connectivity index is 2.28. The molecule has 18 atom stereocenters. The highest BCUT2D eigenvalue weighted by molar-refractivity contribution is 5.96. The molecule has 2 unspecified atom stereocenters. The minimum atomic E-state index is -1.76. The van der Waals surface area contributed by atoms with E-state index in [-0.39, 0.29) is 0 Å². The number of aliphatic carboxylic acids is 1. The van der Waals surface area contributed by atoms with E-state index in [1.807, 2.05) is 0 Å². The van der Waals surface area contributed by atoms with Gasteiger partial charge < -0.3 is 97.6 Å². The van der Waals surface area contributed by atoms with Gasteiger partial charge in [0, 0.05) is 13.8 Å². The Hall–Kier alpha value is -4.68. The van der Waals surface area contributed by atoms with Gasteiger partial charge in [-0.3, -0.25) is 38.4 Å². The molecule has 0 aromatic heterocycles. The second-order valence-corrected chi connectivity index (χ2v) is 15.3. The number of ether oxygens (including phenoxy) is 4. The van der Waals surface area contributed by atoms with E-state index in [4.69, 9.17) is 24.7 Å². The maximum atomic E-state index is 13.6. The van der Waals surface area contributed by atoms with Gasteiger partial charge in [-0.1, -0.05) is 0 Å². The Kier molecular flexibility index (Phi) is 21.1. The number of carboxylic acid groups (broad SMARTS) is 1. The fourth-order valence-electron chi connectivity index (χ4n) is 6.25. The smallest absolute Gasteiger partial charge is 0.325 e. The topological polar surface area (TPSA) is 425 Å². The summed E-state index contributed by atoms with van der Waals surface area (Å²) in [4.78, 5) is 102. The van der Waals surface area contributed by atoms with E-state index in [1.165, 1.54) is 34.6 Å². The van der Waals surface area contributed by atoms with Crippen molar-refractivity contribution < 1.29 is 93.0 Å². The van der Waals surface area contributed by atoms with Gasteiger partial charge in [-0.2, -0.15) is 0 Å². The molecule has 360 valence electrons. The molecule has 2 rings (SSSR count). The van der Waals surface area contributed by atoms with Crippen LogP contribution in [0.5, 0.6) is 0 Å². The van der Waals surface area contributed by atoms with Crippen LogP contribution in [0.2, 0.25) is 0 Å². The van der Waals surface area contributed by atoms with E-state index in [9.17, 15) is 74.1 Å². The molecule has 27 heteroatoms. The molecule has 7 amide bonds. The highest BCUT2D eigenvalue weighted by Gasteiger charge is 2.48. The van der Waals surface area contributed by atoms with Crippen LogP contribution in [0.1, 0.15) is 55.4 Å². The van der Waals surface area contributed by atoms with Gasteiger partial charge in [0.25, 0.3) is 0 Å². The lowest BCUT2D eigenvalue weighted by atomic mass is 9.96. The van der Waals surface area contributed by atoms with Crippen molar-refractivity contribution in [2.45, 2.75) is 165 Å². The van der Waals surface area contributed by atoms with Gasteiger partial charge in [0.2, 0.25) is 41.4 Å². The molecule has 16 N–H and O–H groups in total. The first-order chi connectivity index (χ1) is 29.2. The number of carbonyl (C=O) groups is 8. The highest BCUT2D eigenvalue weighted by Crippen LogP contribution is 2.25. The van der Waals surface area contributed by atoms with Gasteiger partial charge in [-0.15, -0.1) is 0 Å². The van der Waals surface area contributed by atoms with Crippen molar-refractivity contribution in [2.24, 2.45) is 5.73 Å². The van der Waals surface area contributed by atoms with E-state index in [2.05, 4.69) is 37.2 Å². The van der Waals surface area contributed by atoms with Crippen LogP contribution in [0, 0.1) is 0 Å². The number of rotatable bonds is 21. The molecule has 0 aromatic rings. The fraction of sp³-hybridized carbons (Fsp3) is 0.778. The third-order valence-corrected chi connectivity index (χ3v) is 9.95. The molecule has 0 spiro atoms. The zero-order valence-corrected chi connectivity index (χ0v) is 35.9. The van der Waals surface area contributed by atoms with Gasteiger partial charge in [-0.05, 0) is 41.5 Å². The lowest BCUT2D eigenvalue weighted by molar-refractivity contribution is -0.281. The molecule has 0 aliphatic carbocycles. The summed E-state index contributed by atoms with van der Waals surface area (Å²) >= 11 is 0. The summed E-state index contributed by atoms with van der Waals surface area (Å²) in [5.74, 6) is -7.84. The highest BCUT2D eigenvalue weighted by atomic mass is 16.7. The number of aliphatic hydroxyl groups excluding tert-OH is 6. The molecule has 0 radical (unpaired) electrons. The van der Waals surface area contributed by atoms with E-state index in [0.717, 1.165) is 20.8 Å². The van der Waals surface area contributed by atoms with Gasteiger partial charge in [-0.25, -0.2) is 0 Å². The number of hydrogen-bond donors (Lipinski definition) is 15. The first-order valence-corrected chi connectivity index (χ1v) is 19.9. The van der Waals surface area contributed by atoms with Crippen molar-refractivity contribution in [2.75, 3.05) is 13.2 Å². The number of amides is 7. The molecule has 2 aliphatic heterocycles. The van der Waals surface area contributed by atoms with E-state index in [1.54, 1.807) is 0 Å². The van der Waals surface area contributed by atoms with Crippen molar-refractivity contribution >= 4 is 47.3 Å². The van der Waals surface area contributed by atoms with E-state index in [0.29, 0.717) is 0 Å². The molecular weight excluding hydrogens is 848 g/mol. The lowest BCUT2D eigenvalue weighted by Crippen LogP contribution is -2.66. The van der Waals surface area contributed by atoms with Crippen molar-refractivity contribution in [1.29, 1.82) is 0 Å². The first-order valence-electron chi connectivity index (χ1n) is 19.9. The number of nitrogens with two attached hydrogens (primary N) is 1. The number of hydrogen-bond acceptors (Lipinski definition) is 19. The Morgan fingerprint density at radius 3 is 1.21 bits per heavy atom. The van der Waals surface area contributed by atoms with Crippen LogP contribution in [-0.2, 0) is 57.3 Å².